The van der Waals surface area contributed by atoms with Crippen LogP contribution in [0, 0.1) is 6.92 Å². The number of ether oxygens (including phenoxy) is 1. The van der Waals surface area contributed by atoms with E-state index in [9.17, 15) is 0 Å². The van der Waals surface area contributed by atoms with Crippen molar-refractivity contribution in [1.29, 1.82) is 0 Å². The molecule has 1 aliphatic rings. The summed E-state index contributed by atoms with van der Waals surface area (Å²) in [6, 6.07) is 7.16. The predicted octanol–water partition coefficient (Wildman–Crippen LogP) is 2.32. The summed E-state index contributed by atoms with van der Waals surface area (Å²) < 4.78 is 5.46. The summed E-state index contributed by atoms with van der Waals surface area (Å²) in [4.78, 5) is 2.41. The van der Waals surface area contributed by atoms with Gasteiger partial charge in [0.2, 0.25) is 0 Å². The smallest absolute Gasteiger partial charge is 0.142 e. The molecule has 3 nitrogen and oxygen atoms in total. The van der Waals surface area contributed by atoms with Crippen LogP contribution in [-0.2, 0) is 0 Å². The van der Waals surface area contributed by atoms with Gasteiger partial charge in [0, 0.05) is 18.6 Å². The summed E-state index contributed by atoms with van der Waals surface area (Å²) >= 11 is 0. The van der Waals surface area contributed by atoms with Crippen molar-refractivity contribution < 1.29 is 4.74 Å². The Morgan fingerprint density at radius 3 is 2.82 bits per heavy atom. The molecular formula is C14H22N2O. The molecule has 2 N–H and O–H groups in total. The Bertz CT molecular complexity index is 392. The van der Waals surface area contributed by atoms with Crippen LogP contribution < -0.4 is 15.4 Å². The summed E-state index contributed by atoms with van der Waals surface area (Å²) in [5.74, 6) is 0.956. The average molecular weight is 234 g/mol. The van der Waals surface area contributed by atoms with Crippen molar-refractivity contribution in [2.45, 2.75) is 38.8 Å². The molecule has 0 bridgehead atoms. The first-order valence-corrected chi connectivity index (χ1v) is 6.28. The minimum absolute atomic E-state index is 0.344. The molecule has 2 atom stereocenters. The lowest BCUT2D eigenvalue weighted by molar-refractivity contribution is 0.398. The van der Waals surface area contributed by atoms with Crippen molar-refractivity contribution in [3.05, 3.63) is 23.8 Å². The first kappa shape index (κ1) is 12.2. The highest BCUT2D eigenvalue weighted by Crippen LogP contribution is 2.33. The van der Waals surface area contributed by atoms with Gasteiger partial charge < -0.3 is 15.4 Å². The molecule has 1 aromatic rings. The highest BCUT2D eigenvalue weighted by molar-refractivity contribution is 5.61. The number of anilines is 1. The minimum Gasteiger partial charge on any atom is -0.495 e. The molecule has 0 aliphatic carbocycles. The lowest BCUT2D eigenvalue weighted by Crippen LogP contribution is -2.45. The number of nitrogens with zero attached hydrogens (tertiary/aromatic N) is 1. The van der Waals surface area contributed by atoms with Gasteiger partial charge in [-0.05, 0) is 44.4 Å². The van der Waals surface area contributed by atoms with E-state index in [1.54, 1.807) is 7.11 Å². The van der Waals surface area contributed by atoms with Gasteiger partial charge in [0.1, 0.15) is 5.75 Å². The van der Waals surface area contributed by atoms with E-state index in [0.29, 0.717) is 12.1 Å². The minimum atomic E-state index is 0.344. The Hall–Kier alpha value is -1.22. The largest absolute Gasteiger partial charge is 0.495 e. The second kappa shape index (κ2) is 4.96. The Kier molecular flexibility index (Phi) is 3.57. The topological polar surface area (TPSA) is 38.5 Å². The van der Waals surface area contributed by atoms with Crippen LogP contribution in [0.1, 0.15) is 25.3 Å². The quantitative estimate of drug-likeness (QED) is 0.853. The molecule has 3 heteroatoms. The standard InChI is InChI=1S/C14H22N2O/c1-10-4-5-14(17-3)13(8-10)16-7-6-12(15)9-11(16)2/h4-5,8,11-12H,6-7,9,15H2,1-3H3. The lowest BCUT2D eigenvalue weighted by atomic mass is 9.98. The number of rotatable bonds is 2. The summed E-state index contributed by atoms with van der Waals surface area (Å²) in [6.07, 6.45) is 2.11. The van der Waals surface area contributed by atoms with E-state index in [1.807, 2.05) is 6.07 Å². The number of hydrogen-bond acceptors (Lipinski definition) is 3. The maximum Gasteiger partial charge on any atom is 0.142 e. The number of hydrogen-bond donors (Lipinski definition) is 1. The lowest BCUT2D eigenvalue weighted by Gasteiger charge is -2.38. The second-order valence-electron chi connectivity index (χ2n) is 5.00. The second-order valence-corrected chi connectivity index (χ2v) is 5.00. The van der Waals surface area contributed by atoms with Gasteiger partial charge in [-0.25, -0.2) is 0 Å². The van der Waals surface area contributed by atoms with Gasteiger partial charge in [-0.3, -0.25) is 0 Å². The molecule has 2 unspecified atom stereocenters. The van der Waals surface area contributed by atoms with Crippen molar-refractivity contribution >= 4 is 5.69 Å². The Balaban J connectivity index is 2.29. The van der Waals surface area contributed by atoms with Gasteiger partial charge in [0.05, 0.1) is 12.8 Å². The maximum absolute atomic E-state index is 6.01. The van der Waals surface area contributed by atoms with Crippen molar-refractivity contribution in [2.24, 2.45) is 5.73 Å². The summed E-state index contributed by atoms with van der Waals surface area (Å²) in [6.45, 7) is 5.37. The molecule has 1 aromatic carbocycles. The first-order valence-electron chi connectivity index (χ1n) is 6.28. The molecule has 1 saturated heterocycles. The number of nitrogens with two attached hydrogens (primary N) is 1. The molecule has 17 heavy (non-hydrogen) atoms. The van der Waals surface area contributed by atoms with Crippen LogP contribution in [0.25, 0.3) is 0 Å². The van der Waals surface area contributed by atoms with Crippen LogP contribution in [0.15, 0.2) is 18.2 Å². The number of methoxy groups -OCH3 is 1. The van der Waals surface area contributed by atoms with Crippen molar-refractivity contribution in [1.82, 2.24) is 0 Å². The monoisotopic (exact) mass is 234 g/mol. The van der Waals surface area contributed by atoms with Gasteiger partial charge in [0.15, 0.2) is 0 Å². The van der Waals surface area contributed by atoms with E-state index in [-0.39, 0.29) is 0 Å². The van der Waals surface area contributed by atoms with E-state index < -0.39 is 0 Å². The normalized spacial score (nSPS) is 24.8. The number of aryl methyl sites for hydroxylation is 1. The van der Waals surface area contributed by atoms with E-state index in [4.69, 9.17) is 10.5 Å². The third-order valence-corrected chi connectivity index (χ3v) is 3.56. The van der Waals surface area contributed by atoms with Crippen molar-refractivity contribution in [3.8, 4) is 5.75 Å². The third kappa shape index (κ3) is 2.55. The molecular weight excluding hydrogens is 212 g/mol. The zero-order valence-corrected chi connectivity index (χ0v) is 10.9. The van der Waals surface area contributed by atoms with E-state index in [1.165, 1.54) is 11.3 Å². The van der Waals surface area contributed by atoms with E-state index >= 15 is 0 Å². The highest BCUT2D eigenvalue weighted by atomic mass is 16.5. The third-order valence-electron chi connectivity index (χ3n) is 3.56. The van der Waals surface area contributed by atoms with Gasteiger partial charge in [-0.15, -0.1) is 0 Å². The average Bonchev–Trinajstić information content (AvgIpc) is 2.29. The van der Waals surface area contributed by atoms with Crippen molar-refractivity contribution in [3.63, 3.8) is 0 Å². The fourth-order valence-corrected chi connectivity index (χ4v) is 2.59. The number of benzene rings is 1. The maximum atomic E-state index is 6.01. The molecule has 0 radical (unpaired) electrons. The molecule has 1 fully saturated rings. The molecule has 0 aromatic heterocycles. The van der Waals surface area contributed by atoms with Crippen LogP contribution in [0.2, 0.25) is 0 Å². The molecule has 0 spiro atoms. The Morgan fingerprint density at radius 1 is 1.41 bits per heavy atom. The van der Waals surface area contributed by atoms with E-state index in [0.717, 1.165) is 25.1 Å². The summed E-state index contributed by atoms with van der Waals surface area (Å²) in [7, 11) is 1.73. The Morgan fingerprint density at radius 2 is 2.18 bits per heavy atom. The Labute approximate surface area is 104 Å². The molecule has 1 aliphatic heterocycles. The van der Waals surface area contributed by atoms with Crippen LogP contribution >= 0.6 is 0 Å². The molecule has 0 saturated carbocycles. The van der Waals surface area contributed by atoms with Crippen LogP contribution in [0.4, 0.5) is 5.69 Å². The molecule has 1 heterocycles. The van der Waals surface area contributed by atoms with Gasteiger partial charge in [-0.2, -0.15) is 0 Å². The molecule has 2 rings (SSSR count). The fraction of sp³-hybridized carbons (Fsp3) is 0.571. The van der Waals surface area contributed by atoms with E-state index in [2.05, 4.69) is 30.9 Å². The zero-order valence-electron chi connectivity index (χ0n) is 10.9. The van der Waals surface area contributed by atoms with Gasteiger partial charge in [0.25, 0.3) is 0 Å². The fourth-order valence-electron chi connectivity index (χ4n) is 2.59. The summed E-state index contributed by atoms with van der Waals surface area (Å²) in [5, 5.41) is 0. The van der Waals surface area contributed by atoms with Crippen LogP contribution in [-0.4, -0.2) is 25.7 Å². The predicted molar refractivity (Wildman–Crippen MR) is 71.7 cm³/mol. The van der Waals surface area contributed by atoms with Gasteiger partial charge in [-0.1, -0.05) is 6.07 Å². The van der Waals surface area contributed by atoms with Crippen molar-refractivity contribution in [2.75, 3.05) is 18.6 Å². The first-order chi connectivity index (χ1) is 8.11. The van der Waals surface area contributed by atoms with Crippen LogP contribution in [0.5, 0.6) is 5.75 Å². The van der Waals surface area contributed by atoms with Gasteiger partial charge >= 0.3 is 0 Å². The zero-order chi connectivity index (χ0) is 12.4. The molecule has 94 valence electrons. The summed E-state index contributed by atoms with van der Waals surface area (Å²) in [5.41, 5.74) is 8.48. The molecule has 0 amide bonds. The van der Waals surface area contributed by atoms with Crippen LogP contribution in [0.3, 0.4) is 0 Å². The number of piperidine rings is 1. The SMILES string of the molecule is COc1ccc(C)cc1N1CCC(N)CC1C. The highest BCUT2D eigenvalue weighted by Gasteiger charge is 2.25.